The van der Waals surface area contributed by atoms with Gasteiger partial charge in [-0.3, -0.25) is 0 Å². The van der Waals surface area contributed by atoms with Gasteiger partial charge in [0.25, 0.3) is 0 Å². The first-order chi connectivity index (χ1) is 10.2. The van der Waals surface area contributed by atoms with Gasteiger partial charge in [-0.1, -0.05) is 18.2 Å². The van der Waals surface area contributed by atoms with E-state index in [-0.39, 0.29) is 12.3 Å². The average Bonchev–Trinajstić information content (AvgIpc) is 2.92. The summed E-state index contributed by atoms with van der Waals surface area (Å²) in [6.07, 6.45) is 3.47. The fraction of sp³-hybridized carbons (Fsp3) is 0.200. The minimum absolute atomic E-state index is 0.191. The minimum atomic E-state index is -0.487. The molecule has 0 amide bonds. The number of fused-ring (bicyclic) bond motifs is 1. The number of ether oxygens (including phenoxy) is 1. The van der Waals surface area contributed by atoms with E-state index in [1.165, 1.54) is 0 Å². The summed E-state index contributed by atoms with van der Waals surface area (Å²) in [6, 6.07) is 7.54. The first-order valence-electron chi connectivity index (χ1n) is 6.65. The standard InChI is InChI=1S/C15H14N4O2/c1-3-21-15(20)13-14(19-9-8-16-10(19)2)11-6-4-5-7-12(11)17-18-13/h4-9H,3H2,1-2H3. The van der Waals surface area contributed by atoms with Gasteiger partial charge in [0.2, 0.25) is 0 Å². The predicted molar refractivity (Wildman–Crippen MR) is 77.4 cm³/mol. The highest BCUT2D eigenvalue weighted by atomic mass is 16.5. The van der Waals surface area contributed by atoms with E-state index in [2.05, 4.69) is 15.2 Å². The number of nitrogens with zero attached hydrogens (tertiary/aromatic N) is 4. The number of benzene rings is 1. The summed E-state index contributed by atoms with van der Waals surface area (Å²) >= 11 is 0. The molecule has 0 fully saturated rings. The normalized spacial score (nSPS) is 10.8. The average molecular weight is 282 g/mol. The molecule has 0 aliphatic heterocycles. The predicted octanol–water partition coefficient (Wildman–Crippen LogP) is 2.30. The number of aryl methyl sites for hydroxylation is 1. The highest BCUT2D eigenvalue weighted by Crippen LogP contribution is 2.24. The van der Waals surface area contributed by atoms with Gasteiger partial charge in [0, 0.05) is 17.8 Å². The van der Waals surface area contributed by atoms with Crippen molar-refractivity contribution in [3.05, 3.63) is 48.2 Å². The summed E-state index contributed by atoms with van der Waals surface area (Å²) < 4.78 is 6.90. The molecule has 21 heavy (non-hydrogen) atoms. The van der Waals surface area contributed by atoms with Gasteiger partial charge in [-0.05, 0) is 19.9 Å². The highest BCUT2D eigenvalue weighted by molar-refractivity contribution is 5.99. The quantitative estimate of drug-likeness (QED) is 0.689. The van der Waals surface area contributed by atoms with Gasteiger partial charge in [0.15, 0.2) is 5.69 Å². The van der Waals surface area contributed by atoms with Gasteiger partial charge < -0.3 is 9.30 Å². The fourth-order valence-corrected chi connectivity index (χ4v) is 2.23. The molecule has 3 aromatic rings. The Morgan fingerprint density at radius 3 is 2.81 bits per heavy atom. The van der Waals surface area contributed by atoms with Crippen LogP contribution >= 0.6 is 0 Å². The lowest BCUT2D eigenvalue weighted by molar-refractivity contribution is 0.0518. The van der Waals surface area contributed by atoms with Crippen molar-refractivity contribution < 1.29 is 9.53 Å². The van der Waals surface area contributed by atoms with Crippen molar-refractivity contribution in [3.8, 4) is 5.69 Å². The maximum Gasteiger partial charge on any atom is 0.361 e. The Balaban J connectivity index is 2.33. The number of hydrogen-bond acceptors (Lipinski definition) is 5. The van der Waals surface area contributed by atoms with Gasteiger partial charge in [0.1, 0.15) is 5.82 Å². The largest absolute Gasteiger partial charge is 0.461 e. The summed E-state index contributed by atoms with van der Waals surface area (Å²) in [5.41, 5.74) is 1.55. The molecule has 0 spiro atoms. The number of carbonyl (C=O) groups is 1. The van der Waals surface area contributed by atoms with E-state index in [0.717, 1.165) is 11.2 Å². The Labute approximate surface area is 121 Å². The minimum Gasteiger partial charge on any atom is -0.461 e. The molecule has 0 aliphatic rings. The molecule has 2 heterocycles. The Morgan fingerprint density at radius 1 is 1.29 bits per heavy atom. The van der Waals surface area contributed by atoms with Crippen LogP contribution in [-0.2, 0) is 4.74 Å². The van der Waals surface area contributed by atoms with Crippen LogP contribution in [0.25, 0.3) is 16.6 Å². The van der Waals surface area contributed by atoms with Gasteiger partial charge >= 0.3 is 5.97 Å². The Hall–Kier alpha value is -2.76. The third kappa shape index (κ3) is 2.24. The summed E-state index contributed by atoms with van der Waals surface area (Å²) in [4.78, 5) is 16.4. The van der Waals surface area contributed by atoms with Gasteiger partial charge in [-0.2, -0.15) is 0 Å². The number of rotatable bonds is 3. The van der Waals surface area contributed by atoms with Crippen molar-refractivity contribution in [2.45, 2.75) is 13.8 Å². The lowest BCUT2D eigenvalue weighted by Crippen LogP contribution is -2.14. The van der Waals surface area contributed by atoms with Gasteiger partial charge in [-0.15, -0.1) is 10.2 Å². The van der Waals surface area contributed by atoms with E-state index in [4.69, 9.17) is 4.74 Å². The smallest absolute Gasteiger partial charge is 0.361 e. The van der Waals surface area contributed by atoms with Crippen LogP contribution in [0.5, 0.6) is 0 Å². The van der Waals surface area contributed by atoms with E-state index >= 15 is 0 Å². The van der Waals surface area contributed by atoms with Crippen LogP contribution in [0.2, 0.25) is 0 Å². The molecule has 6 nitrogen and oxygen atoms in total. The molecule has 6 heteroatoms. The van der Waals surface area contributed by atoms with Crippen LogP contribution < -0.4 is 0 Å². The molecule has 106 valence electrons. The van der Waals surface area contributed by atoms with E-state index < -0.39 is 5.97 Å². The maximum absolute atomic E-state index is 12.2. The second-order valence-electron chi connectivity index (χ2n) is 4.48. The Kier molecular flexibility index (Phi) is 3.35. The number of carbonyl (C=O) groups excluding carboxylic acids is 1. The van der Waals surface area contributed by atoms with Gasteiger partial charge in [0.05, 0.1) is 17.8 Å². The van der Waals surface area contributed by atoms with Crippen molar-refractivity contribution >= 4 is 16.9 Å². The van der Waals surface area contributed by atoms with Crippen LogP contribution in [-0.4, -0.2) is 32.3 Å². The Bertz CT molecular complexity index is 810. The summed E-state index contributed by atoms with van der Waals surface area (Å²) in [6.45, 7) is 3.91. The zero-order valence-electron chi connectivity index (χ0n) is 11.8. The molecule has 3 rings (SSSR count). The zero-order chi connectivity index (χ0) is 14.8. The molecule has 0 N–H and O–H groups in total. The van der Waals surface area contributed by atoms with Crippen molar-refractivity contribution in [1.82, 2.24) is 19.7 Å². The number of hydrogen-bond donors (Lipinski definition) is 0. The third-order valence-electron chi connectivity index (χ3n) is 3.18. The maximum atomic E-state index is 12.2. The van der Waals surface area contributed by atoms with Crippen molar-refractivity contribution in [2.24, 2.45) is 0 Å². The second kappa shape index (κ2) is 5.32. The molecule has 0 atom stereocenters. The summed E-state index contributed by atoms with van der Waals surface area (Å²) in [5, 5.41) is 8.98. The van der Waals surface area contributed by atoms with Crippen LogP contribution in [0.4, 0.5) is 0 Å². The molecule has 0 bridgehead atoms. The van der Waals surface area contributed by atoms with E-state index in [1.54, 1.807) is 19.3 Å². The van der Waals surface area contributed by atoms with Crippen molar-refractivity contribution in [1.29, 1.82) is 0 Å². The zero-order valence-corrected chi connectivity index (χ0v) is 11.8. The van der Waals surface area contributed by atoms with E-state index in [0.29, 0.717) is 11.2 Å². The molecule has 0 saturated heterocycles. The summed E-state index contributed by atoms with van der Waals surface area (Å²) in [7, 11) is 0. The molecule has 0 unspecified atom stereocenters. The molecule has 0 radical (unpaired) electrons. The number of aromatic nitrogens is 4. The second-order valence-corrected chi connectivity index (χ2v) is 4.48. The molecule has 1 aromatic carbocycles. The highest BCUT2D eigenvalue weighted by Gasteiger charge is 2.20. The van der Waals surface area contributed by atoms with Crippen LogP contribution in [0.15, 0.2) is 36.7 Å². The fourth-order valence-electron chi connectivity index (χ4n) is 2.23. The monoisotopic (exact) mass is 282 g/mol. The molecule has 0 aliphatic carbocycles. The Morgan fingerprint density at radius 2 is 2.10 bits per heavy atom. The topological polar surface area (TPSA) is 69.9 Å². The molecular weight excluding hydrogens is 268 g/mol. The van der Waals surface area contributed by atoms with Crippen LogP contribution in [0.3, 0.4) is 0 Å². The third-order valence-corrected chi connectivity index (χ3v) is 3.18. The summed E-state index contributed by atoms with van der Waals surface area (Å²) in [5.74, 6) is 0.276. The lowest BCUT2D eigenvalue weighted by Gasteiger charge is -2.12. The first kappa shape index (κ1) is 13.2. The van der Waals surface area contributed by atoms with Crippen molar-refractivity contribution in [3.63, 3.8) is 0 Å². The van der Waals surface area contributed by atoms with Crippen LogP contribution in [0.1, 0.15) is 23.2 Å². The number of esters is 1. The van der Waals surface area contributed by atoms with E-state index in [1.807, 2.05) is 35.8 Å². The SMILES string of the molecule is CCOC(=O)c1nnc2ccccc2c1-n1ccnc1C. The molecular formula is C15H14N4O2. The molecule has 0 saturated carbocycles. The van der Waals surface area contributed by atoms with Crippen molar-refractivity contribution in [2.75, 3.05) is 6.61 Å². The van der Waals surface area contributed by atoms with E-state index in [9.17, 15) is 4.79 Å². The molecule has 2 aromatic heterocycles. The number of imidazole rings is 1. The first-order valence-corrected chi connectivity index (χ1v) is 6.65. The van der Waals surface area contributed by atoms with Gasteiger partial charge in [-0.25, -0.2) is 9.78 Å². The lowest BCUT2D eigenvalue weighted by atomic mass is 10.1. The van der Waals surface area contributed by atoms with Crippen LogP contribution in [0, 0.1) is 6.92 Å².